The third-order valence-electron chi connectivity index (χ3n) is 5.23. The van der Waals surface area contributed by atoms with Crippen LogP contribution in [0.25, 0.3) is 10.8 Å². The molecule has 1 aliphatic heterocycles. The number of hydrogen-bond donors (Lipinski definition) is 0. The van der Waals surface area contributed by atoms with Crippen molar-refractivity contribution in [3.05, 3.63) is 42.2 Å². The fourth-order valence-electron chi connectivity index (χ4n) is 3.64. The summed E-state index contributed by atoms with van der Waals surface area (Å²) in [4.78, 5) is 19.2. The summed E-state index contributed by atoms with van der Waals surface area (Å²) < 4.78 is 0. The van der Waals surface area contributed by atoms with Gasteiger partial charge in [0.15, 0.2) is 0 Å². The summed E-state index contributed by atoms with van der Waals surface area (Å²) in [5.74, 6) is 1.64. The van der Waals surface area contributed by atoms with Crippen molar-refractivity contribution in [2.45, 2.75) is 32.1 Å². The van der Waals surface area contributed by atoms with E-state index in [0.29, 0.717) is 23.7 Å². The number of likely N-dealkylation sites (tertiary alicyclic amines) is 1. The molecule has 3 heteroatoms. The largest absolute Gasteiger partial charge is 0.342 e. The molecule has 0 N–H and O–H groups in total. The van der Waals surface area contributed by atoms with E-state index in [9.17, 15) is 4.79 Å². The number of aromatic nitrogens is 1. The van der Waals surface area contributed by atoms with E-state index in [1.807, 2.05) is 12.3 Å². The highest BCUT2D eigenvalue weighted by molar-refractivity contribution is 5.82. The molecule has 1 aliphatic carbocycles. The van der Waals surface area contributed by atoms with Gasteiger partial charge in [-0.2, -0.15) is 0 Å². The van der Waals surface area contributed by atoms with Crippen molar-refractivity contribution in [2.24, 2.45) is 11.8 Å². The van der Waals surface area contributed by atoms with Gasteiger partial charge >= 0.3 is 0 Å². The van der Waals surface area contributed by atoms with E-state index in [2.05, 4.69) is 41.1 Å². The Hall–Kier alpha value is -1.90. The van der Waals surface area contributed by atoms with E-state index >= 15 is 0 Å². The zero-order chi connectivity index (χ0) is 15.1. The molecule has 3 atom stereocenters. The lowest BCUT2D eigenvalue weighted by atomic mass is 9.93. The topological polar surface area (TPSA) is 33.2 Å². The predicted octanol–water partition coefficient (Wildman–Crippen LogP) is 3.60. The van der Waals surface area contributed by atoms with E-state index in [0.717, 1.165) is 38.0 Å². The van der Waals surface area contributed by atoms with Gasteiger partial charge in [-0.3, -0.25) is 9.78 Å². The van der Waals surface area contributed by atoms with Crippen LogP contribution < -0.4 is 0 Å². The second-order valence-electron chi connectivity index (χ2n) is 6.90. The standard InChI is InChI=1S/C19H22N2O/c1-13-9-17(13)19(22)21-8-4-7-16(12-21)18-10-14-5-2-3-6-15(14)11-20-18/h2-3,5-6,10-11,13,16-17H,4,7-9,12H2,1H3/t13-,16-,17-/m1/s1. The van der Waals surface area contributed by atoms with Crippen molar-refractivity contribution in [3.63, 3.8) is 0 Å². The Morgan fingerprint density at radius 2 is 2.05 bits per heavy atom. The first-order valence-corrected chi connectivity index (χ1v) is 8.36. The number of fused-ring (bicyclic) bond motifs is 1. The average Bonchev–Trinajstić information content (AvgIpc) is 3.30. The molecule has 2 aromatic rings. The molecule has 1 aromatic carbocycles. The number of rotatable bonds is 2. The molecule has 4 rings (SSSR count). The maximum Gasteiger partial charge on any atom is 0.225 e. The molecule has 0 spiro atoms. The van der Waals surface area contributed by atoms with Crippen LogP contribution in [0, 0.1) is 11.8 Å². The number of amides is 1. The summed E-state index contributed by atoms with van der Waals surface area (Å²) in [6.45, 7) is 3.94. The van der Waals surface area contributed by atoms with Crippen molar-refractivity contribution in [3.8, 4) is 0 Å². The van der Waals surface area contributed by atoms with E-state index in [1.165, 1.54) is 10.8 Å². The molecule has 0 unspecified atom stereocenters. The molecule has 114 valence electrons. The molecule has 0 radical (unpaired) electrons. The minimum atomic E-state index is 0.295. The second-order valence-corrected chi connectivity index (χ2v) is 6.90. The molecular formula is C19H22N2O. The van der Waals surface area contributed by atoms with Crippen LogP contribution in [0.15, 0.2) is 36.5 Å². The normalized spacial score (nSPS) is 27.9. The van der Waals surface area contributed by atoms with Crippen LogP contribution in [-0.2, 0) is 4.79 Å². The first kappa shape index (κ1) is 13.7. The van der Waals surface area contributed by atoms with Gasteiger partial charge in [0.1, 0.15) is 0 Å². The molecule has 1 aromatic heterocycles. The molecule has 1 saturated carbocycles. The third kappa shape index (κ3) is 2.49. The van der Waals surface area contributed by atoms with Gasteiger partial charge in [-0.1, -0.05) is 31.2 Å². The monoisotopic (exact) mass is 294 g/mol. The molecule has 2 aliphatic rings. The highest BCUT2D eigenvalue weighted by Gasteiger charge is 2.42. The van der Waals surface area contributed by atoms with Gasteiger partial charge in [0.05, 0.1) is 0 Å². The number of nitrogens with zero attached hydrogens (tertiary/aromatic N) is 2. The van der Waals surface area contributed by atoms with Crippen molar-refractivity contribution >= 4 is 16.7 Å². The zero-order valence-corrected chi connectivity index (χ0v) is 13.0. The van der Waals surface area contributed by atoms with Gasteiger partial charge < -0.3 is 4.90 Å². The molecule has 2 fully saturated rings. The molecule has 1 saturated heterocycles. The summed E-state index contributed by atoms with van der Waals surface area (Å²) >= 11 is 0. The van der Waals surface area contributed by atoms with Gasteiger partial charge in [0.2, 0.25) is 5.91 Å². The summed E-state index contributed by atoms with van der Waals surface area (Å²) in [5, 5.41) is 2.42. The minimum Gasteiger partial charge on any atom is -0.342 e. The first-order chi connectivity index (χ1) is 10.7. The van der Waals surface area contributed by atoms with Crippen molar-refractivity contribution in [1.82, 2.24) is 9.88 Å². The van der Waals surface area contributed by atoms with Gasteiger partial charge in [-0.15, -0.1) is 0 Å². The van der Waals surface area contributed by atoms with Crippen LogP contribution in [0.1, 0.15) is 37.8 Å². The second kappa shape index (κ2) is 5.38. The van der Waals surface area contributed by atoms with E-state index in [1.54, 1.807) is 0 Å². The van der Waals surface area contributed by atoms with Crippen LogP contribution in [0.4, 0.5) is 0 Å². The van der Waals surface area contributed by atoms with Crippen molar-refractivity contribution in [2.75, 3.05) is 13.1 Å². The highest BCUT2D eigenvalue weighted by Crippen LogP contribution is 2.40. The zero-order valence-electron chi connectivity index (χ0n) is 13.0. The summed E-state index contributed by atoms with van der Waals surface area (Å²) in [5.41, 5.74) is 1.14. The quantitative estimate of drug-likeness (QED) is 0.848. The van der Waals surface area contributed by atoms with E-state index < -0.39 is 0 Å². The van der Waals surface area contributed by atoms with E-state index in [-0.39, 0.29) is 0 Å². The van der Waals surface area contributed by atoms with Gasteiger partial charge in [-0.25, -0.2) is 0 Å². The van der Waals surface area contributed by atoms with Crippen LogP contribution in [0.5, 0.6) is 0 Å². The van der Waals surface area contributed by atoms with Crippen LogP contribution in [-0.4, -0.2) is 28.9 Å². The Balaban J connectivity index is 1.54. The number of carbonyl (C=O) groups excluding carboxylic acids is 1. The number of carbonyl (C=O) groups is 1. The van der Waals surface area contributed by atoms with Crippen LogP contribution in [0.2, 0.25) is 0 Å². The van der Waals surface area contributed by atoms with Crippen molar-refractivity contribution < 1.29 is 4.79 Å². The maximum absolute atomic E-state index is 12.5. The van der Waals surface area contributed by atoms with Crippen LogP contribution in [0.3, 0.4) is 0 Å². The number of benzene rings is 1. The first-order valence-electron chi connectivity index (χ1n) is 8.36. The third-order valence-corrected chi connectivity index (χ3v) is 5.23. The fraction of sp³-hybridized carbons (Fsp3) is 0.474. The highest BCUT2D eigenvalue weighted by atomic mass is 16.2. The molecule has 2 heterocycles. The van der Waals surface area contributed by atoms with E-state index in [4.69, 9.17) is 0 Å². The predicted molar refractivity (Wildman–Crippen MR) is 87.6 cm³/mol. The van der Waals surface area contributed by atoms with Gasteiger partial charge in [-0.05, 0) is 36.6 Å². The molecule has 0 bridgehead atoms. The smallest absolute Gasteiger partial charge is 0.225 e. The fourth-order valence-corrected chi connectivity index (χ4v) is 3.64. The Labute approximate surface area is 131 Å². The summed E-state index contributed by atoms with van der Waals surface area (Å²) in [7, 11) is 0. The number of hydrogen-bond acceptors (Lipinski definition) is 2. The lowest BCUT2D eigenvalue weighted by Gasteiger charge is -2.33. The molecule has 1 amide bonds. The van der Waals surface area contributed by atoms with Gasteiger partial charge in [0.25, 0.3) is 0 Å². The molecule has 3 nitrogen and oxygen atoms in total. The SMILES string of the molecule is C[C@@H]1C[C@H]1C(=O)N1CCC[C@@H](c2cc3ccccc3cn2)C1. The lowest BCUT2D eigenvalue weighted by molar-refractivity contribution is -0.134. The Morgan fingerprint density at radius 3 is 2.82 bits per heavy atom. The molecular weight excluding hydrogens is 272 g/mol. The number of piperidine rings is 1. The Morgan fingerprint density at radius 1 is 1.27 bits per heavy atom. The Bertz CT molecular complexity index is 711. The van der Waals surface area contributed by atoms with Crippen LogP contribution >= 0.6 is 0 Å². The summed E-state index contributed by atoms with van der Waals surface area (Å²) in [6.07, 6.45) is 5.27. The minimum absolute atomic E-state index is 0.295. The van der Waals surface area contributed by atoms with Crippen molar-refractivity contribution in [1.29, 1.82) is 0 Å². The summed E-state index contributed by atoms with van der Waals surface area (Å²) in [6, 6.07) is 10.5. The number of pyridine rings is 1. The maximum atomic E-state index is 12.5. The molecule has 22 heavy (non-hydrogen) atoms. The lowest BCUT2D eigenvalue weighted by Crippen LogP contribution is -2.40. The van der Waals surface area contributed by atoms with Gasteiger partial charge in [0, 0.05) is 42.2 Å². The Kier molecular flexibility index (Phi) is 3.36. The average molecular weight is 294 g/mol.